The van der Waals surface area contributed by atoms with Gasteiger partial charge in [-0.3, -0.25) is 10.1 Å². The summed E-state index contributed by atoms with van der Waals surface area (Å²) >= 11 is 1.49. The summed E-state index contributed by atoms with van der Waals surface area (Å²) in [6.07, 6.45) is 3.73. The fourth-order valence-corrected chi connectivity index (χ4v) is 3.54. The second kappa shape index (κ2) is 7.76. The smallest absolute Gasteiger partial charge is 0.265 e. The number of carbonyl (C=O) groups excluding carboxylic acids is 1. The molecule has 0 aliphatic carbocycles. The van der Waals surface area contributed by atoms with Gasteiger partial charge in [0.15, 0.2) is 0 Å². The van der Waals surface area contributed by atoms with Gasteiger partial charge in [0.05, 0.1) is 4.88 Å². The van der Waals surface area contributed by atoms with Crippen molar-refractivity contribution in [2.75, 3.05) is 27.2 Å². The van der Waals surface area contributed by atoms with Crippen LogP contribution in [0.25, 0.3) is 0 Å². The molecule has 1 fully saturated rings. The zero-order valence-corrected chi connectivity index (χ0v) is 14.4. The van der Waals surface area contributed by atoms with Gasteiger partial charge in [-0.05, 0) is 64.5 Å². The Morgan fingerprint density at radius 2 is 2.23 bits per heavy atom. The number of carbonyl (C=O) groups is 1. The highest BCUT2D eigenvalue weighted by Gasteiger charge is 2.32. The average Bonchev–Trinajstić information content (AvgIpc) is 3.02. The first kappa shape index (κ1) is 17.0. The summed E-state index contributed by atoms with van der Waals surface area (Å²) < 4.78 is 0. The van der Waals surface area contributed by atoms with Crippen LogP contribution in [0.1, 0.15) is 29.4 Å². The van der Waals surface area contributed by atoms with Gasteiger partial charge >= 0.3 is 0 Å². The Labute approximate surface area is 136 Å². The molecule has 1 unspecified atom stereocenters. The van der Waals surface area contributed by atoms with E-state index in [0.29, 0.717) is 0 Å². The number of hydrogen-bond donors (Lipinski definition) is 2. The van der Waals surface area contributed by atoms with E-state index in [4.69, 9.17) is 5.73 Å². The predicted octanol–water partition coefficient (Wildman–Crippen LogP) is 1.69. The molecule has 1 aromatic rings. The van der Waals surface area contributed by atoms with E-state index in [0.717, 1.165) is 36.5 Å². The van der Waals surface area contributed by atoms with Gasteiger partial charge in [-0.25, -0.2) is 0 Å². The van der Waals surface area contributed by atoms with Crippen molar-refractivity contribution < 1.29 is 4.79 Å². The number of hydrogen-bond acceptors (Lipinski definition) is 5. The van der Waals surface area contributed by atoms with Crippen LogP contribution < -0.4 is 11.1 Å². The average molecular weight is 322 g/mol. The van der Waals surface area contributed by atoms with Crippen molar-refractivity contribution in [1.82, 2.24) is 15.1 Å². The van der Waals surface area contributed by atoms with Crippen LogP contribution in [0.2, 0.25) is 0 Å². The van der Waals surface area contributed by atoms with Gasteiger partial charge in [-0.15, -0.1) is 11.3 Å². The van der Waals surface area contributed by atoms with E-state index < -0.39 is 0 Å². The standard InChI is InChI=1S/C16H26N4OS/c1-12(17)11-15(18-2)20(13-6-8-19(3)9-7-13)16(21)14-5-4-10-22-14/h4-5,10-11,13,15,18H,6-9,17H2,1-3H3/b12-11-. The van der Waals surface area contributed by atoms with Crippen molar-refractivity contribution in [2.45, 2.75) is 32.0 Å². The maximum absolute atomic E-state index is 13.0. The van der Waals surface area contributed by atoms with Crippen LogP contribution in [0.4, 0.5) is 0 Å². The van der Waals surface area contributed by atoms with E-state index in [1.54, 1.807) is 0 Å². The molecule has 1 aliphatic heterocycles. The molecular weight excluding hydrogens is 296 g/mol. The van der Waals surface area contributed by atoms with E-state index in [1.165, 1.54) is 11.3 Å². The molecule has 1 saturated heterocycles. The largest absolute Gasteiger partial charge is 0.402 e. The number of rotatable bonds is 5. The molecule has 3 N–H and O–H groups in total. The summed E-state index contributed by atoms with van der Waals surface area (Å²) in [5.74, 6) is 0.0846. The number of amides is 1. The first-order chi connectivity index (χ1) is 10.5. The predicted molar refractivity (Wildman–Crippen MR) is 91.8 cm³/mol. The summed E-state index contributed by atoms with van der Waals surface area (Å²) in [4.78, 5) is 18.0. The Bertz CT molecular complexity index is 502. The molecule has 1 aliphatic rings. The molecule has 0 bridgehead atoms. The molecule has 122 valence electrons. The van der Waals surface area contributed by atoms with Crippen LogP contribution in [0.5, 0.6) is 0 Å². The third kappa shape index (κ3) is 4.09. The molecule has 2 heterocycles. The fraction of sp³-hybridized carbons (Fsp3) is 0.562. The zero-order chi connectivity index (χ0) is 16.1. The third-order valence-corrected chi connectivity index (χ3v) is 4.92. The molecule has 0 radical (unpaired) electrons. The molecule has 1 atom stereocenters. The summed E-state index contributed by atoms with van der Waals surface area (Å²) in [5, 5.41) is 5.17. The van der Waals surface area contributed by atoms with Gasteiger partial charge < -0.3 is 15.5 Å². The number of piperidine rings is 1. The van der Waals surface area contributed by atoms with Crippen LogP contribution in [-0.4, -0.2) is 55.1 Å². The van der Waals surface area contributed by atoms with E-state index >= 15 is 0 Å². The number of nitrogens with zero attached hydrogens (tertiary/aromatic N) is 2. The zero-order valence-electron chi connectivity index (χ0n) is 13.6. The number of thiophene rings is 1. The molecule has 0 spiro atoms. The molecule has 22 heavy (non-hydrogen) atoms. The molecule has 6 heteroatoms. The number of likely N-dealkylation sites (N-methyl/N-ethyl adjacent to an activating group) is 1. The lowest BCUT2D eigenvalue weighted by Gasteiger charge is -2.40. The van der Waals surface area contributed by atoms with Gasteiger partial charge in [0.25, 0.3) is 5.91 Å². The quantitative estimate of drug-likeness (QED) is 0.810. The monoisotopic (exact) mass is 322 g/mol. The molecule has 1 aromatic heterocycles. The Morgan fingerprint density at radius 3 is 2.73 bits per heavy atom. The lowest BCUT2D eigenvalue weighted by Crippen LogP contribution is -2.54. The van der Waals surface area contributed by atoms with E-state index in [9.17, 15) is 4.79 Å². The highest BCUT2D eigenvalue weighted by atomic mass is 32.1. The van der Waals surface area contributed by atoms with Crippen molar-refractivity contribution >= 4 is 17.2 Å². The van der Waals surface area contributed by atoms with Crippen molar-refractivity contribution in [2.24, 2.45) is 5.73 Å². The fourth-order valence-electron chi connectivity index (χ4n) is 2.87. The SMILES string of the molecule is CNC(/C=C(/C)N)N(C(=O)c1cccs1)C1CCN(C)CC1. The highest BCUT2D eigenvalue weighted by molar-refractivity contribution is 7.12. The highest BCUT2D eigenvalue weighted by Crippen LogP contribution is 2.22. The Morgan fingerprint density at radius 1 is 1.55 bits per heavy atom. The van der Waals surface area contributed by atoms with Crippen molar-refractivity contribution in [3.05, 3.63) is 34.2 Å². The molecule has 0 aromatic carbocycles. The third-order valence-electron chi connectivity index (χ3n) is 4.06. The maximum atomic E-state index is 13.0. The van der Waals surface area contributed by atoms with E-state index in [1.807, 2.05) is 42.5 Å². The molecule has 0 saturated carbocycles. The maximum Gasteiger partial charge on any atom is 0.265 e. The number of nitrogens with two attached hydrogens (primary N) is 1. The lowest BCUT2D eigenvalue weighted by atomic mass is 10.0. The number of likely N-dealkylation sites (tertiary alicyclic amines) is 1. The molecule has 1 amide bonds. The first-order valence-electron chi connectivity index (χ1n) is 7.68. The second-order valence-electron chi connectivity index (χ2n) is 5.87. The minimum absolute atomic E-state index is 0.0846. The minimum atomic E-state index is -0.173. The second-order valence-corrected chi connectivity index (χ2v) is 6.82. The van der Waals surface area contributed by atoms with Crippen LogP contribution in [-0.2, 0) is 0 Å². The molecule has 2 rings (SSSR count). The topological polar surface area (TPSA) is 61.6 Å². The Kier molecular flexibility index (Phi) is 5.99. The molecular formula is C16H26N4OS. The van der Waals surface area contributed by atoms with E-state index in [2.05, 4.69) is 17.3 Å². The van der Waals surface area contributed by atoms with Gasteiger partial charge in [-0.1, -0.05) is 6.07 Å². The van der Waals surface area contributed by atoms with Crippen molar-refractivity contribution in [1.29, 1.82) is 0 Å². The minimum Gasteiger partial charge on any atom is -0.402 e. The van der Waals surface area contributed by atoms with Gasteiger partial charge in [-0.2, -0.15) is 0 Å². The first-order valence-corrected chi connectivity index (χ1v) is 8.56. The van der Waals surface area contributed by atoms with E-state index in [-0.39, 0.29) is 18.1 Å². The van der Waals surface area contributed by atoms with Gasteiger partial charge in [0.2, 0.25) is 0 Å². The van der Waals surface area contributed by atoms with Crippen molar-refractivity contribution in [3.8, 4) is 0 Å². The van der Waals surface area contributed by atoms with Gasteiger partial charge in [0, 0.05) is 11.7 Å². The van der Waals surface area contributed by atoms with Gasteiger partial charge in [0.1, 0.15) is 6.17 Å². The normalized spacial score (nSPS) is 19.1. The summed E-state index contributed by atoms with van der Waals surface area (Å²) in [5.41, 5.74) is 6.57. The molecule has 5 nitrogen and oxygen atoms in total. The van der Waals surface area contributed by atoms with Crippen LogP contribution in [0.3, 0.4) is 0 Å². The Hall–Kier alpha value is -1.37. The van der Waals surface area contributed by atoms with Crippen LogP contribution in [0.15, 0.2) is 29.3 Å². The number of allylic oxidation sites excluding steroid dienone is 1. The summed E-state index contributed by atoms with van der Waals surface area (Å²) in [7, 11) is 3.99. The Balaban J connectivity index is 2.27. The number of nitrogens with one attached hydrogen (secondary N) is 1. The lowest BCUT2D eigenvalue weighted by molar-refractivity contribution is 0.0489. The van der Waals surface area contributed by atoms with Crippen LogP contribution >= 0.6 is 11.3 Å². The van der Waals surface area contributed by atoms with Crippen LogP contribution in [0, 0.1) is 0 Å². The summed E-state index contributed by atoms with van der Waals surface area (Å²) in [6.45, 7) is 3.88. The summed E-state index contributed by atoms with van der Waals surface area (Å²) in [6, 6.07) is 4.04. The van der Waals surface area contributed by atoms with Crippen molar-refractivity contribution in [3.63, 3.8) is 0 Å².